The highest BCUT2D eigenvalue weighted by Crippen LogP contribution is 2.43. The van der Waals surface area contributed by atoms with Crippen LogP contribution in [0.15, 0.2) is 24.3 Å². The van der Waals surface area contributed by atoms with E-state index in [9.17, 15) is 9.90 Å². The third-order valence-corrected chi connectivity index (χ3v) is 6.90. The summed E-state index contributed by atoms with van der Waals surface area (Å²) in [5.41, 5.74) is 2.94. The third kappa shape index (κ3) is 3.78. The summed E-state index contributed by atoms with van der Waals surface area (Å²) in [6.45, 7) is 6.32. The standard InChI is InChI=1S/C22H33N3O2/c26-17-16-25-13-8-19-6-2-3-7-20(19)22(25)9-14-23(15-10-22)18-21(27)24-11-4-1-5-12-24/h2-3,6-7,26H,1,4-5,8-18H2. The molecule has 1 aromatic carbocycles. The van der Waals surface area contributed by atoms with Gasteiger partial charge in [-0.05, 0) is 49.7 Å². The first kappa shape index (κ1) is 18.9. The molecule has 3 heterocycles. The number of carbonyl (C=O) groups excluding carboxylic acids is 1. The van der Waals surface area contributed by atoms with Crippen LogP contribution in [-0.4, -0.2) is 78.1 Å². The number of carbonyl (C=O) groups is 1. The largest absolute Gasteiger partial charge is 0.395 e. The quantitative estimate of drug-likeness (QED) is 0.877. The second kappa shape index (κ2) is 8.29. The molecule has 148 valence electrons. The van der Waals surface area contributed by atoms with E-state index in [0.29, 0.717) is 12.5 Å². The van der Waals surface area contributed by atoms with Crippen molar-refractivity contribution in [2.24, 2.45) is 0 Å². The predicted octanol–water partition coefficient (Wildman–Crippen LogP) is 1.84. The number of likely N-dealkylation sites (tertiary alicyclic amines) is 2. The van der Waals surface area contributed by atoms with Crippen LogP contribution in [-0.2, 0) is 16.8 Å². The van der Waals surface area contributed by atoms with Gasteiger partial charge >= 0.3 is 0 Å². The maximum Gasteiger partial charge on any atom is 0.236 e. The number of hydrogen-bond donors (Lipinski definition) is 1. The summed E-state index contributed by atoms with van der Waals surface area (Å²) in [4.78, 5) is 19.5. The Hall–Kier alpha value is -1.43. The molecule has 2 saturated heterocycles. The fourth-order valence-electron chi connectivity index (χ4n) is 5.38. The lowest BCUT2D eigenvalue weighted by molar-refractivity contribution is -0.134. The summed E-state index contributed by atoms with van der Waals surface area (Å²) < 4.78 is 0. The van der Waals surface area contributed by atoms with Crippen molar-refractivity contribution in [2.45, 2.75) is 44.1 Å². The van der Waals surface area contributed by atoms with Crippen molar-refractivity contribution >= 4 is 5.91 Å². The Balaban J connectivity index is 1.45. The van der Waals surface area contributed by atoms with E-state index in [1.165, 1.54) is 17.5 Å². The molecule has 5 nitrogen and oxygen atoms in total. The Morgan fingerprint density at radius 1 is 1.00 bits per heavy atom. The number of hydrogen-bond acceptors (Lipinski definition) is 4. The highest BCUT2D eigenvalue weighted by Gasteiger charge is 2.44. The molecule has 1 spiro atoms. The van der Waals surface area contributed by atoms with Gasteiger partial charge in [-0.15, -0.1) is 0 Å². The lowest BCUT2D eigenvalue weighted by atomic mass is 9.74. The van der Waals surface area contributed by atoms with Gasteiger partial charge in [0.2, 0.25) is 5.91 Å². The van der Waals surface area contributed by atoms with Gasteiger partial charge in [-0.25, -0.2) is 0 Å². The molecular weight excluding hydrogens is 338 g/mol. The molecule has 0 bridgehead atoms. The summed E-state index contributed by atoms with van der Waals surface area (Å²) in [7, 11) is 0. The molecule has 1 N–H and O–H groups in total. The van der Waals surface area contributed by atoms with Crippen LogP contribution in [0, 0.1) is 0 Å². The van der Waals surface area contributed by atoms with Gasteiger partial charge in [0.05, 0.1) is 13.2 Å². The monoisotopic (exact) mass is 371 g/mol. The average Bonchev–Trinajstić information content (AvgIpc) is 2.72. The average molecular weight is 372 g/mol. The fourth-order valence-corrected chi connectivity index (χ4v) is 5.38. The van der Waals surface area contributed by atoms with Crippen LogP contribution in [0.5, 0.6) is 0 Å². The van der Waals surface area contributed by atoms with Gasteiger partial charge in [-0.3, -0.25) is 14.6 Å². The Morgan fingerprint density at radius 3 is 2.48 bits per heavy atom. The molecule has 0 saturated carbocycles. The maximum atomic E-state index is 12.6. The molecule has 3 aliphatic heterocycles. The van der Waals surface area contributed by atoms with Crippen LogP contribution in [0.25, 0.3) is 0 Å². The van der Waals surface area contributed by atoms with Gasteiger partial charge in [0.1, 0.15) is 0 Å². The Bertz CT molecular complexity index is 649. The lowest BCUT2D eigenvalue weighted by Crippen LogP contribution is -2.57. The van der Waals surface area contributed by atoms with E-state index in [1.807, 2.05) is 0 Å². The second-order valence-corrected chi connectivity index (χ2v) is 8.37. The predicted molar refractivity (Wildman–Crippen MR) is 107 cm³/mol. The molecule has 0 aromatic heterocycles. The molecule has 1 aromatic rings. The van der Waals surface area contributed by atoms with Crippen molar-refractivity contribution in [1.82, 2.24) is 14.7 Å². The first-order chi connectivity index (χ1) is 13.2. The van der Waals surface area contributed by atoms with E-state index in [1.54, 1.807) is 0 Å². The zero-order valence-corrected chi connectivity index (χ0v) is 16.4. The van der Waals surface area contributed by atoms with E-state index in [4.69, 9.17) is 0 Å². The SMILES string of the molecule is O=C(CN1CCC2(CC1)c1ccccc1CCN2CCO)N1CCCCC1. The number of rotatable bonds is 4. The van der Waals surface area contributed by atoms with Gasteiger partial charge in [-0.1, -0.05) is 24.3 Å². The number of aliphatic hydroxyl groups excluding tert-OH is 1. The van der Waals surface area contributed by atoms with Crippen LogP contribution in [0.1, 0.15) is 43.2 Å². The van der Waals surface area contributed by atoms with E-state index < -0.39 is 0 Å². The molecule has 4 rings (SSSR count). The first-order valence-corrected chi connectivity index (χ1v) is 10.7. The smallest absolute Gasteiger partial charge is 0.236 e. The van der Waals surface area contributed by atoms with Crippen LogP contribution < -0.4 is 0 Å². The molecule has 1 amide bonds. The summed E-state index contributed by atoms with van der Waals surface area (Å²) in [6.07, 6.45) is 6.71. The molecule has 2 fully saturated rings. The Labute approximate surface area is 162 Å². The van der Waals surface area contributed by atoms with Gasteiger partial charge in [0.15, 0.2) is 0 Å². The number of nitrogens with zero attached hydrogens (tertiary/aromatic N) is 3. The highest BCUT2D eigenvalue weighted by molar-refractivity contribution is 5.78. The van der Waals surface area contributed by atoms with Crippen LogP contribution in [0.4, 0.5) is 0 Å². The van der Waals surface area contributed by atoms with Crippen LogP contribution in [0.3, 0.4) is 0 Å². The van der Waals surface area contributed by atoms with Crippen LogP contribution >= 0.6 is 0 Å². The zero-order chi connectivity index (χ0) is 18.7. The normalized spacial score (nSPS) is 23.4. The third-order valence-electron chi connectivity index (χ3n) is 6.90. The molecule has 5 heteroatoms. The Morgan fingerprint density at radius 2 is 1.74 bits per heavy atom. The molecule has 0 atom stereocenters. The molecular formula is C22H33N3O2. The van der Waals surface area contributed by atoms with Crippen molar-refractivity contribution in [2.75, 3.05) is 52.4 Å². The number of fused-ring (bicyclic) bond motifs is 2. The maximum absolute atomic E-state index is 12.6. The minimum Gasteiger partial charge on any atom is -0.395 e. The number of aliphatic hydroxyl groups is 1. The van der Waals surface area contributed by atoms with Crippen molar-refractivity contribution < 1.29 is 9.90 Å². The molecule has 0 radical (unpaired) electrons. The van der Waals surface area contributed by atoms with Crippen molar-refractivity contribution in [3.63, 3.8) is 0 Å². The number of β-amino-alcohol motifs (C(OH)–C–C–N with tert-alkyl or cyclic N) is 1. The van der Waals surface area contributed by atoms with E-state index in [-0.39, 0.29) is 12.1 Å². The highest BCUT2D eigenvalue weighted by atomic mass is 16.3. The van der Waals surface area contributed by atoms with Crippen molar-refractivity contribution in [3.8, 4) is 0 Å². The molecule has 0 unspecified atom stereocenters. The van der Waals surface area contributed by atoms with Crippen molar-refractivity contribution in [3.05, 3.63) is 35.4 Å². The first-order valence-electron chi connectivity index (χ1n) is 10.7. The summed E-state index contributed by atoms with van der Waals surface area (Å²) in [5.74, 6) is 0.307. The number of benzene rings is 1. The zero-order valence-electron chi connectivity index (χ0n) is 16.4. The van der Waals surface area contributed by atoms with Gasteiger partial charge in [0.25, 0.3) is 0 Å². The summed E-state index contributed by atoms with van der Waals surface area (Å²) in [5, 5.41) is 9.59. The minimum absolute atomic E-state index is 0.0300. The van der Waals surface area contributed by atoms with Gasteiger partial charge in [-0.2, -0.15) is 0 Å². The molecule has 27 heavy (non-hydrogen) atoms. The summed E-state index contributed by atoms with van der Waals surface area (Å²) >= 11 is 0. The van der Waals surface area contributed by atoms with Crippen molar-refractivity contribution in [1.29, 1.82) is 0 Å². The van der Waals surface area contributed by atoms with Crippen LogP contribution in [0.2, 0.25) is 0 Å². The lowest BCUT2D eigenvalue weighted by Gasteiger charge is -2.52. The Kier molecular flexibility index (Phi) is 5.81. The fraction of sp³-hybridized carbons (Fsp3) is 0.682. The molecule has 0 aliphatic carbocycles. The minimum atomic E-state index is 0.0300. The van der Waals surface area contributed by atoms with E-state index >= 15 is 0 Å². The van der Waals surface area contributed by atoms with Gasteiger partial charge < -0.3 is 10.0 Å². The van der Waals surface area contributed by atoms with E-state index in [0.717, 1.165) is 71.4 Å². The van der Waals surface area contributed by atoms with E-state index in [2.05, 4.69) is 39.0 Å². The number of piperidine rings is 2. The summed E-state index contributed by atoms with van der Waals surface area (Å²) in [6, 6.07) is 8.84. The topological polar surface area (TPSA) is 47.0 Å². The van der Waals surface area contributed by atoms with Gasteiger partial charge in [0, 0.05) is 44.8 Å². The second-order valence-electron chi connectivity index (χ2n) is 8.37. The number of amides is 1. The molecule has 3 aliphatic rings.